The average molecular weight is 272 g/mol. The largest absolute Gasteiger partial charge is 0.361 e. The van der Waals surface area contributed by atoms with Crippen LogP contribution in [0, 0.1) is 6.92 Å². The minimum Gasteiger partial charge on any atom is -0.361 e. The zero-order valence-electron chi connectivity index (χ0n) is 11.7. The fraction of sp³-hybridized carbons (Fsp3) is 0.385. The van der Waals surface area contributed by atoms with Crippen molar-refractivity contribution in [1.82, 2.24) is 24.9 Å². The van der Waals surface area contributed by atoms with Crippen LogP contribution >= 0.6 is 0 Å². The van der Waals surface area contributed by atoms with E-state index in [1.54, 1.807) is 6.20 Å². The van der Waals surface area contributed by atoms with Crippen LogP contribution in [0.15, 0.2) is 23.1 Å². The third-order valence-electron chi connectivity index (χ3n) is 3.38. The Morgan fingerprint density at radius 1 is 1.40 bits per heavy atom. The van der Waals surface area contributed by atoms with Crippen LogP contribution in [-0.2, 0) is 7.05 Å². The number of aromatic nitrogens is 5. The second-order valence-electron chi connectivity index (χ2n) is 4.66. The quantitative estimate of drug-likeness (QED) is 0.784. The maximum absolute atomic E-state index is 5.16. The molecule has 1 atom stereocenters. The monoisotopic (exact) mass is 272 g/mol. The molecule has 3 rings (SSSR count). The molecule has 3 aromatic heterocycles. The van der Waals surface area contributed by atoms with Gasteiger partial charge in [-0.2, -0.15) is 10.1 Å². The van der Waals surface area contributed by atoms with Gasteiger partial charge in [-0.1, -0.05) is 12.1 Å². The van der Waals surface area contributed by atoms with Crippen molar-refractivity contribution in [3.63, 3.8) is 0 Å². The normalized spacial score (nSPS) is 12.8. The zero-order chi connectivity index (χ0) is 14.1. The number of anilines is 1. The summed E-state index contributed by atoms with van der Waals surface area (Å²) in [6, 6.07) is 2.12. The number of nitrogens with zero attached hydrogens (tertiary/aromatic N) is 5. The lowest BCUT2D eigenvalue weighted by molar-refractivity contribution is 0.442. The zero-order valence-corrected chi connectivity index (χ0v) is 11.7. The van der Waals surface area contributed by atoms with Crippen molar-refractivity contribution in [3.8, 4) is 0 Å². The van der Waals surface area contributed by atoms with E-state index in [1.807, 2.05) is 24.7 Å². The van der Waals surface area contributed by atoms with Gasteiger partial charge in [0.05, 0.1) is 17.4 Å². The third-order valence-corrected chi connectivity index (χ3v) is 3.38. The van der Waals surface area contributed by atoms with Gasteiger partial charge in [0.2, 0.25) is 0 Å². The SMILES string of the molecule is CC[C@@H](Nc1ncnc2onc(C)c12)c1ccnn1C. The van der Waals surface area contributed by atoms with E-state index in [1.165, 1.54) is 6.33 Å². The van der Waals surface area contributed by atoms with Crippen LogP contribution in [0.25, 0.3) is 11.1 Å². The number of rotatable bonds is 4. The van der Waals surface area contributed by atoms with Crippen LogP contribution in [-0.4, -0.2) is 24.9 Å². The van der Waals surface area contributed by atoms with Crippen molar-refractivity contribution < 1.29 is 4.52 Å². The Morgan fingerprint density at radius 3 is 2.95 bits per heavy atom. The van der Waals surface area contributed by atoms with Crippen LogP contribution in [0.1, 0.15) is 30.8 Å². The molecule has 0 radical (unpaired) electrons. The first-order chi connectivity index (χ1) is 9.70. The molecular weight excluding hydrogens is 256 g/mol. The summed E-state index contributed by atoms with van der Waals surface area (Å²) in [6.45, 7) is 3.99. The maximum Gasteiger partial charge on any atom is 0.263 e. The van der Waals surface area contributed by atoms with Crippen LogP contribution in [0.5, 0.6) is 0 Å². The second kappa shape index (κ2) is 4.92. The summed E-state index contributed by atoms with van der Waals surface area (Å²) < 4.78 is 7.02. The van der Waals surface area contributed by atoms with E-state index >= 15 is 0 Å². The molecule has 0 saturated heterocycles. The molecule has 3 aromatic rings. The summed E-state index contributed by atoms with van der Waals surface area (Å²) in [5.41, 5.74) is 2.39. The molecule has 0 aliphatic rings. The molecular formula is C13H16N6O. The lowest BCUT2D eigenvalue weighted by atomic mass is 10.1. The molecule has 7 heteroatoms. The summed E-state index contributed by atoms with van der Waals surface area (Å²) in [6.07, 6.45) is 4.18. The lowest BCUT2D eigenvalue weighted by Gasteiger charge is -2.18. The smallest absolute Gasteiger partial charge is 0.263 e. The van der Waals surface area contributed by atoms with E-state index in [2.05, 4.69) is 32.5 Å². The van der Waals surface area contributed by atoms with Crippen LogP contribution in [0.2, 0.25) is 0 Å². The van der Waals surface area contributed by atoms with Gasteiger partial charge < -0.3 is 9.84 Å². The highest BCUT2D eigenvalue weighted by Crippen LogP contribution is 2.27. The summed E-state index contributed by atoms with van der Waals surface area (Å²) in [5, 5.41) is 12.4. The van der Waals surface area contributed by atoms with Crippen molar-refractivity contribution in [1.29, 1.82) is 0 Å². The van der Waals surface area contributed by atoms with Crippen molar-refractivity contribution in [3.05, 3.63) is 30.0 Å². The maximum atomic E-state index is 5.16. The molecule has 0 bridgehead atoms. The molecule has 0 aliphatic carbocycles. The van der Waals surface area contributed by atoms with Crippen molar-refractivity contribution in [2.45, 2.75) is 26.3 Å². The highest BCUT2D eigenvalue weighted by atomic mass is 16.5. The Morgan fingerprint density at radius 2 is 2.25 bits per heavy atom. The number of hydrogen-bond acceptors (Lipinski definition) is 6. The van der Waals surface area contributed by atoms with Crippen LogP contribution in [0.4, 0.5) is 5.82 Å². The van der Waals surface area contributed by atoms with Gasteiger partial charge in [0.15, 0.2) is 0 Å². The Bertz CT molecular complexity index is 731. The highest BCUT2D eigenvalue weighted by Gasteiger charge is 2.17. The number of nitrogens with one attached hydrogen (secondary N) is 1. The van der Waals surface area contributed by atoms with Gasteiger partial charge in [0.1, 0.15) is 17.5 Å². The summed E-state index contributed by atoms with van der Waals surface area (Å²) in [5.74, 6) is 0.738. The fourth-order valence-corrected chi connectivity index (χ4v) is 2.31. The van der Waals surface area contributed by atoms with E-state index in [4.69, 9.17) is 4.52 Å². The molecule has 7 nitrogen and oxygen atoms in total. The highest BCUT2D eigenvalue weighted by molar-refractivity contribution is 5.87. The van der Waals surface area contributed by atoms with Gasteiger partial charge in [-0.25, -0.2) is 4.98 Å². The van der Waals surface area contributed by atoms with Gasteiger partial charge in [0, 0.05) is 13.2 Å². The van der Waals surface area contributed by atoms with E-state index in [-0.39, 0.29) is 6.04 Å². The van der Waals surface area contributed by atoms with Gasteiger partial charge in [0.25, 0.3) is 5.71 Å². The van der Waals surface area contributed by atoms with Gasteiger partial charge in [-0.05, 0) is 19.4 Å². The molecule has 20 heavy (non-hydrogen) atoms. The minimum absolute atomic E-state index is 0.120. The topological polar surface area (TPSA) is 81.7 Å². The number of fused-ring (bicyclic) bond motifs is 1. The average Bonchev–Trinajstić information content (AvgIpc) is 3.03. The van der Waals surface area contributed by atoms with E-state index in [9.17, 15) is 0 Å². The lowest BCUT2D eigenvalue weighted by Crippen LogP contribution is -2.15. The minimum atomic E-state index is 0.120. The summed E-state index contributed by atoms with van der Waals surface area (Å²) in [4.78, 5) is 8.39. The van der Waals surface area contributed by atoms with Gasteiger partial charge >= 0.3 is 0 Å². The molecule has 0 saturated carbocycles. The van der Waals surface area contributed by atoms with Crippen molar-refractivity contribution >= 4 is 16.9 Å². The molecule has 0 aromatic carbocycles. The predicted molar refractivity (Wildman–Crippen MR) is 74.2 cm³/mol. The first-order valence-corrected chi connectivity index (χ1v) is 6.52. The molecule has 104 valence electrons. The number of hydrogen-bond donors (Lipinski definition) is 1. The molecule has 1 N–H and O–H groups in total. The van der Waals surface area contributed by atoms with E-state index in [0.29, 0.717) is 5.71 Å². The molecule has 0 fully saturated rings. The predicted octanol–water partition coefficient (Wildman–Crippen LogP) is 2.22. The van der Waals surface area contributed by atoms with Gasteiger partial charge in [-0.15, -0.1) is 0 Å². The summed E-state index contributed by atoms with van der Waals surface area (Å²) in [7, 11) is 1.93. The van der Waals surface area contributed by atoms with E-state index < -0.39 is 0 Å². The fourth-order valence-electron chi connectivity index (χ4n) is 2.31. The Hall–Kier alpha value is -2.44. The Balaban J connectivity index is 2.00. The first kappa shape index (κ1) is 12.6. The number of aryl methyl sites for hydroxylation is 2. The van der Waals surface area contributed by atoms with Crippen molar-refractivity contribution in [2.75, 3.05) is 5.32 Å². The Kier molecular flexibility index (Phi) is 3.09. The summed E-state index contributed by atoms with van der Waals surface area (Å²) >= 11 is 0. The van der Waals surface area contributed by atoms with Crippen LogP contribution in [0.3, 0.4) is 0 Å². The Labute approximate surface area is 116 Å². The molecule has 0 amide bonds. The molecule has 0 spiro atoms. The molecule has 0 aliphatic heterocycles. The van der Waals surface area contributed by atoms with E-state index in [0.717, 1.165) is 29.0 Å². The third kappa shape index (κ3) is 2.01. The van der Waals surface area contributed by atoms with Crippen molar-refractivity contribution in [2.24, 2.45) is 7.05 Å². The standard InChI is InChI=1S/C13H16N6O/c1-4-9(10-5-6-16-19(10)3)17-12-11-8(2)18-20-13(11)15-7-14-12/h5-7,9H,4H2,1-3H3,(H,14,15,17)/t9-/m1/s1. The van der Waals surface area contributed by atoms with Gasteiger partial charge in [-0.3, -0.25) is 4.68 Å². The molecule has 3 heterocycles. The molecule has 0 unspecified atom stereocenters. The van der Waals surface area contributed by atoms with Crippen LogP contribution < -0.4 is 5.32 Å². The first-order valence-electron chi connectivity index (χ1n) is 6.52. The second-order valence-corrected chi connectivity index (χ2v) is 4.66.